The number of aryl methyl sites for hydroxylation is 2. The third-order valence-corrected chi connectivity index (χ3v) is 5.35. The first-order valence-corrected chi connectivity index (χ1v) is 9.64. The van der Waals surface area contributed by atoms with Crippen molar-refractivity contribution in [1.82, 2.24) is 0 Å². The Morgan fingerprint density at radius 1 is 0.926 bits per heavy atom. The van der Waals surface area contributed by atoms with Crippen LogP contribution in [0.3, 0.4) is 0 Å². The Hall–Kier alpha value is -2.81. The van der Waals surface area contributed by atoms with Crippen LogP contribution in [0.5, 0.6) is 5.75 Å². The summed E-state index contributed by atoms with van der Waals surface area (Å²) in [7, 11) is 0. The van der Waals surface area contributed by atoms with Crippen LogP contribution in [0, 0.1) is 0 Å². The average Bonchev–Trinajstić information content (AvgIpc) is 3.09. The van der Waals surface area contributed by atoms with Gasteiger partial charge in [0.1, 0.15) is 5.75 Å². The summed E-state index contributed by atoms with van der Waals surface area (Å²) in [5.41, 5.74) is 4.71. The lowest BCUT2D eigenvalue weighted by Crippen LogP contribution is -2.30. The van der Waals surface area contributed by atoms with Gasteiger partial charge in [-0.2, -0.15) is 0 Å². The summed E-state index contributed by atoms with van der Waals surface area (Å²) in [6.07, 6.45) is 1.58. The summed E-state index contributed by atoms with van der Waals surface area (Å²) in [6.45, 7) is 6.05. The van der Waals surface area contributed by atoms with Crippen LogP contribution < -0.4 is 10.1 Å². The molecule has 0 heterocycles. The molecule has 0 radical (unpaired) electrons. The highest BCUT2D eigenvalue weighted by molar-refractivity contribution is 6.06. The highest BCUT2D eigenvalue weighted by Crippen LogP contribution is 2.35. The number of carbonyl (C=O) groups is 1. The van der Waals surface area contributed by atoms with Gasteiger partial charge in [0.25, 0.3) is 5.91 Å². The highest BCUT2D eigenvalue weighted by Gasteiger charge is 2.20. The first-order chi connectivity index (χ1) is 13.0. The maximum Gasteiger partial charge on any atom is 0.265 e. The van der Waals surface area contributed by atoms with E-state index in [4.69, 9.17) is 4.74 Å². The molecule has 0 aliphatic heterocycles. The standard InChI is InChI=1S/C24H25NO2/c1-15(2)19-8-4-5-10-22(19)27-16(3)24(26)25-21-14-13-18-12-11-17-7-6-9-20(21)23(17)18/h4-10,13-16H,11-12H2,1-3H3,(H,25,26)/t16-/m1/s1. The number of hydrogen-bond acceptors (Lipinski definition) is 2. The van der Waals surface area contributed by atoms with Crippen LogP contribution in [0.4, 0.5) is 5.69 Å². The molecule has 4 rings (SSSR count). The fraction of sp³-hybridized carbons (Fsp3) is 0.292. The Morgan fingerprint density at radius 2 is 1.67 bits per heavy atom. The summed E-state index contributed by atoms with van der Waals surface area (Å²) >= 11 is 0. The fourth-order valence-electron chi connectivity index (χ4n) is 3.90. The van der Waals surface area contributed by atoms with Crippen molar-refractivity contribution in [2.45, 2.75) is 45.6 Å². The van der Waals surface area contributed by atoms with Gasteiger partial charge in [-0.15, -0.1) is 0 Å². The van der Waals surface area contributed by atoms with Crippen LogP contribution in [0.15, 0.2) is 54.6 Å². The van der Waals surface area contributed by atoms with Crippen molar-refractivity contribution in [3.8, 4) is 5.75 Å². The second-order valence-electron chi connectivity index (χ2n) is 7.55. The molecular weight excluding hydrogens is 334 g/mol. The Kier molecular flexibility index (Phi) is 4.61. The topological polar surface area (TPSA) is 38.3 Å². The van der Waals surface area contributed by atoms with E-state index in [2.05, 4.69) is 43.4 Å². The Labute approximate surface area is 160 Å². The molecule has 0 saturated heterocycles. The molecule has 0 spiro atoms. The zero-order valence-electron chi connectivity index (χ0n) is 16.1. The van der Waals surface area contributed by atoms with Gasteiger partial charge in [-0.25, -0.2) is 0 Å². The number of ether oxygens (including phenoxy) is 1. The molecule has 3 aromatic carbocycles. The van der Waals surface area contributed by atoms with Crippen LogP contribution >= 0.6 is 0 Å². The number of carbonyl (C=O) groups excluding carboxylic acids is 1. The third-order valence-electron chi connectivity index (χ3n) is 5.35. The summed E-state index contributed by atoms with van der Waals surface area (Å²) in [5.74, 6) is 0.982. The fourth-order valence-corrected chi connectivity index (χ4v) is 3.90. The van der Waals surface area contributed by atoms with Crippen molar-refractivity contribution in [3.05, 3.63) is 71.3 Å². The zero-order valence-corrected chi connectivity index (χ0v) is 16.1. The molecule has 0 unspecified atom stereocenters. The predicted molar refractivity (Wildman–Crippen MR) is 111 cm³/mol. The van der Waals surface area contributed by atoms with Gasteiger partial charge in [0.05, 0.1) is 0 Å². The van der Waals surface area contributed by atoms with E-state index in [9.17, 15) is 4.79 Å². The largest absolute Gasteiger partial charge is 0.481 e. The zero-order chi connectivity index (χ0) is 19.0. The Bertz CT molecular complexity index is 996. The lowest BCUT2D eigenvalue weighted by molar-refractivity contribution is -0.122. The molecule has 3 nitrogen and oxygen atoms in total. The quantitative estimate of drug-likeness (QED) is 0.656. The van der Waals surface area contributed by atoms with Gasteiger partial charge in [0.15, 0.2) is 6.10 Å². The van der Waals surface area contributed by atoms with Crippen molar-refractivity contribution >= 4 is 22.4 Å². The number of hydrogen-bond donors (Lipinski definition) is 1. The highest BCUT2D eigenvalue weighted by atomic mass is 16.5. The molecule has 1 N–H and O–H groups in total. The number of benzene rings is 3. The molecule has 1 aliphatic rings. The van der Waals surface area contributed by atoms with Crippen molar-refractivity contribution < 1.29 is 9.53 Å². The monoisotopic (exact) mass is 359 g/mol. The van der Waals surface area contributed by atoms with Gasteiger partial charge in [-0.3, -0.25) is 4.79 Å². The molecule has 0 saturated carbocycles. The minimum atomic E-state index is -0.576. The summed E-state index contributed by atoms with van der Waals surface area (Å²) in [5, 5.41) is 5.49. The van der Waals surface area contributed by atoms with Gasteiger partial charge >= 0.3 is 0 Å². The SMILES string of the molecule is CC(C)c1ccccc1O[C@H](C)C(=O)Nc1ccc2c3c(cccc13)CC2. The van der Waals surface area contributed by atoms with E-state index in [0.717, 1.165) is 35.2 Å². The van der Waals surface area contributed by atoms with Crippen LogP contribution in [-0.4, -0.2) is 12.0 Å². The second kappa shape index (κ2) is 7.07. The van der Waals surface area contributed by atoms with Crippen molar-refractivity contribution in [1.29, 1.82) is 0 Å². The molecule has 27 heavy (non-hydrogen) atoms. The summed E-state index contributed by atoms with van der Waals surface area (Å²) in [4.78, 5) is 12.8. The van der Waals surface area contributed by atoms with E-state index in [1.165, 1.54) is 16.5 Å². The lowest BCUT2D eigenvalue weighted by Gasteiger charge is -2.19. The Balaban J connectivity index is 1.56. The smallest absolute Gasteiger partial charge is 0.265 e. The molecule has 138 valence electrons. The van der Waals surface area contributed by atoms with Crippen molar-refractivity contribution in [2.75, 3.05) is 5.32 Å². The predicted octanol–water partition coefficient (Wildman–Crippen LogP) is 5.47. The van der Waals surface area contributed by atoms with E-state index >= 15 is 0 Å². The van der Waals surface area contributed by atoms with E-state index in [-0.39, 0.29) is 5.91 Å². The molecule has 3 heteroatoms. The number of anilines is 1. The Morgan fingerprint density at radius 3 is 2.44 bits per heavy atom. The van der Waals surface area contributed by atoms with Crippen LogP contribution in [0.2, 0.25) is 0 Å². The minimum Gasteiger partial charge on any atom is -0.481 e. The number of para-hydroxylation sites is 1. The minimum absolute atomic E-state index is 0.132. The molecule has 1 amide bonds. The van der Waals surface area contributed by atoms with Crippen LogP contribution in [0.25, 0.3) is 10.8 Å². The number of rotatable bonds is 5. The molecular formula is C24H25NO2. The molecule has 0 aromatic heterocycles. The van der Waals surface area contributed by atoms with E-state index < -0.39 is 6.10 Å². The van der Waals surface area contributed by atoms with Crippen LogP contribution in [-0.2, 0) is 17.6 Å². The van der Waals surface area contributed by atoms with Gasteiger partial charge < -0.3 is 10.1 Å². The van der Waals surface area contributed by atoms with Gasteiger partial charge in [0, 0.05) is 11.1 Å². The molecule has 1 atom stereocenters. The van der Waals surface area contributed by atoms with Crippen LogP contribution in [0.1, 0.15) is 43.4 Å². The first kappa shape index (κ1) is 17.6. The van der Waals surface area contributed by atoms with Gasteiger partial charge in [-0.1, -0.05) is 56.3 Å². The first-order valence-electron chi connectivity index (χ1n) is 9.64. The van der Waals surface area contributed by atoms with Crippen molar-refractivity contribution in [3.63, 3.8) is 0 Å². The van der Waals surface area contributed by atoms with E-state index in [0.29, 0.717) is 5.92 Å². The number of amides is 1. The summed E-state index contributed by atoms with van der Waals surface area (Å²) in [6, 6.07) is 18.4. The number of nitrogens with one attached hydrogen (secondary N) is 1. The molecule has 0 fully saturated rings. The molecule has 3 aromatic rings. The molecule has 1 aliphatic carbocycles. The second-order valence-corrected chi connectivity index (χ2v) is 7.55. The van der Waals surface area contributed by atoms with Gasteiger partial charge in [-0.05, 0) is 59.9 Å². The lowest BCUT2D eigenvalue weighted by atomic mass is 10.0. The van der Waals surface area contributed by atoms with Crippen molar-refractivity contribution in [2.24, 2.45) is 0 Å². The van der Waals surface area contributed by atoms with Gasteiger partial charge in [0.2, 0.25) is 0 Å². The normalized spacial score (nSPS) is 13.8. The maximum absolute atomic E-state index is 12.8. The van der Waals surface area contributed by atoms with E-state index in [1.807, 2.05) is 30.3 Å². The summed E-state index contributed by atoms with van der Waals surface area (Å²) < 4.78 is 6.00. The molecule has 0 bridgehead atoms. The third kappa shape index (κ3) is 3.30. The maximum atomic E-state index is 12.8. The average molecular weight is 359 g/mol. The van der Waals surface area contributed by atoms with E-state index in [1.54, 1.807) is 6.92 Å².